The summed E-state index contributed by atoms with van der Waals surface area (Å²) < 4.78 is 5.54. The van der Waals surface area contributed by atoms with Gasteiger partial charge in [-0.05, 0) is 25.2 Å². The number of ether oxygens (including phenoxy) is 1. The smallest absolute Gasteiger partial charge is 0.171 e. The van der Waals surface area contributed by atoms with E-state index in [2.05, 4.69) is 12.2 Å². The number of allylic oxidation sites excluding steroid dienone is 2. The summed E-state index contributed by atoms with van der Waals surface area (Å²) in [5, 5.41) is 0. The molecule has 2 saturated carbocycles. The van der Waals surface area contributed by atoms with Gasteiger partial charge in [0.25, 0.3) is 0 Å². The highest BCUT2D eigenvalue weighted by atomic mass is 16.6. The second-order valence-corrected chi connectivity index (χ2v) is 5.06. The third-order valence-corrected chi connectivity index (χ3v) is 4.52. The van der Waals surface area contributed by atoms with E-state index in [-0.39, 0.29) is 11.7 Å². The van der Waals surface area contributed by atoms with Crippen molar-refractivity contribution in [2.45, 2.75) is 25.0 Å². The Labute approximate surface area is 77.0 Å². The number of carbonyl (C=O) groups excluding carboxylic acids is 1. The van der Waals surface area contributed by atoms with Gasteiger partial charge in [0.05, 0.1) is 6.10 Å². The van der Waals surface area contributed by atoms with Crippen molar-refractivity contribution in [1.82, 2.24) is 0 Å². The molecule has 1 aliphatic heterocycles. The van der Waals surface area contributed by atoms with Crippen LogP contribution in [0.2, 0.25) is 0 Å². The molecule has 1 heterocycles. The molecule has 0 radical (unpaired) electrons. The van der Waals surface area contributed by atoms with Crippen molar-refractivity contribution in [3.8, 4) is 0 Å². The van der Waals surface area contributed by atoms with E-state index >= 15 is 0 Å². The molecule has 0 aromatic heterocycles. The number of hydrogen-bond acceptors (Lipinski definition) is 2. The normalized spacial score (nSPS) is 65.6. The van der Waals surface area contributed by atoms with Gasteiger partial charge in [-0.15, -0.1) is 0 Å². The number of hydrogen-bond donors (Lipinski definition) is 0. The van der Waals surface area contributed by atoms with Crippen LogP contribution in [-0.2, 0) is 9.53 Å². The molecule has 3 aliphatic carbocycles. The molecule has 0 aromatic carbocycles. The molecule has 4 rings (SSSR count). The average molecular weight is 176 g/mol. The van der Waals surface area contributed by atoms with Crippen molar-refractivity contribution < 1.29 is 9.53 Å². The molecule has 0 N–H and O–H groups in total. The predicted molar refractivity (Wildman–Crippen MR) is 46.0 cm³/mol. The molecule has 13 heavy (non-hydrogen) atoms. The van der Waals surface area contributed by atoms with E-state index < -0.39 is 0 Å². The summed E-state index contributed by atoms with van der Waals surface area (Å²) in [5.74, 6) is 2.44. The predicted octanol–water partition coefficient (Wildman–Crippen LogP) is 1.16. The number of rotatable bonds is 0. The maximum atomic E-state index is 12.0. The molecule has 3 fully saturated rings. The largest absolute Gasteiger partial charge is 0.358 e. The maximum absolute atomic E-state index is 12.0. The highest BCUT2D eigenvalue weighted by molar-refractivity contribution is 5.96. The maximum Gasteiger partial charge on any atom is 0.171 e. The van der Waals surface area contributed by atoms with Gasteiger partial charge in [0.1, 0.15) is 0 Å². The Hall–Kier alpha value is -0.630. The lowest BCUT2D eigenvalue weighted by Crippen LogP contribution is -2.28. The minimum absolute atomic E-state index is 0.268. The highest BCUT2D eigenvalue weighted by Gasteiger charge is 2.75. The molecule has 4 aliphatic rings. The van der Waals surface area contributed by atoms with E-state index in [1.165, 1.54) is 6.42 Å². The van der Waals surface area contributed by atoms with Gasteiger partial charge in [0.2, 0.25) is 0 Å². The molecular formula is C11H12O2. The zero-order valence-corrected chi connectivity index (χ0v) is 7.57. The second kappa shape index (κ2) is 1.63. The monoisotopic (exact) mass is 176 g/mol. The molecule has 6 atom stereocenters. The van der Waals surface area contributed by atoms with Crippen molar-refractivity contribution in [1.29, 1.82) is 0 Å². The molecule has 0 aromatic rings. The van der Waals surface area contributed by atoms with Crippen LogP contribution in [0.4, 0.5) is 0 Å². The second-order valence-electron chi connectivity index (χ2n) is 5.06. The zero-order chi connectivity index (χ0) is 8.79. The van der Waals surface area contributed by atoms with Gasteiger partial charge >= 0.3 is 0 Å². The number of fused-ring (bicyclic) bond motifs is 7. The Kier molecular flexibility index (Phi) is 0.850. The van der Waals surface area contributed by atoms with Gasteiger partial charge in [-0.1, -0.05) is 12.2 Å². The summed E-state index contributed by atoms with van der Waals surface area (Å²) in [6.07, 6.45) is 6.02. The molecule has 2 bridgehead atoms. The first-order valence-electron chi connectivity index (χ1n) is 5.12. The molecule has 0 spiro atoms. The zero-order valence-electron chi connectivity index (χ0n) is 7.57. The van der Waals surface area contributed by atoms with Crippen LogP contribution in [0.25, 0.3) is 0 Å². The summed E-state index contributed by atoms with van der Waals surface area (Å²) in [7, 11) is 0. The van der Waals surface area contributed by atoms with E-state index in [0.29, 0.717) is 29.5 Å². The fourth-order valence-corrected chi connectivity index (χ4v) is 3.85. The van der Waals surface area contributed by atoms with E-state index in [0.717, 1.165) is 0 Å². The fourth-order valence-electron chi connectivity index (χ4n) is 3.85. The Bertz CT molecular complexity index is 346. The summed E-state index contributed by atoms with van der Waals surface area (Å²) in [6, 6.07) is 0. The van der Waals surface area contributed by atoms with Gasteiger partial charge in [0.15, 0.2) is 11.4 Å². The number of epoxide rings is 1. The fraction of sp³-hybridized carbons (Fsp3) is 0.727. The number of Topliss-reactive ketones (excluding diaryl/α,β-unsaturated/α-hetero) is 1. The topological polar surface area (TPSA) is 29.6 Å². The summed E-state index contributed by atoms with van der Waals surface area (Å²) in [5.41, 5.74) is -0.363. The van der Waals surface area contributed by atoms with Crippen LogP contribution in [0.15, 0.2) is 12.2 Å². The SMILES string of the molecule is C[C@]12O[C@H]1[C@H]1[C@@H](C2=O)[C@H]2C=C[C@@H]1C2. The van der Waals surface area contributed by atoms with E-state index in [4.69, 9.17) is 4.74 Å². The lowest BCUT2D eigenvalue weighted by molar-refractivity contribution is -0.128. The Morgan fingerprint density at radius 1 is 1.46 bits per heavy atom. The summed E-state index contributed by atoms with van der Waals surface area (Å²) >= 11 is 0. The van der Waals surface area contributed by atoms with Crippen molar-refractivity contribution in [2.75, 3.05) is 0 Å². The van der Waals surface area contributed by atoms with Crippen LogP contribution in [0, 0.1) is 23.7 Å². The molecule has 2 nitrogen and oxygen atoms in total. The van der Waals surface area contributed by atoms with Gasteiger partial charge in [-0.25, -0.2) is 0 Å². The van der Waals surface area contributed by atoms with Gasteiger partial charge < -0.3 is 4.74 Å². The molecule has 0 unspecified atom stereocenters. The summed E-state index contributed by atoms with van der Waals surface area (Å²) in [6.45, 7) is 1.97. The third-order valence-electron chi connectivity index (χ3n) is 4.52. The first kappa shape index (κ1) is 6.77. The standard InChI is InChI=1S/C11H12O2/c1-11-9(12)7-5-2-3-6(4-5)8(7)10(11)13-11/h2-3,5-8,10H,4H2,1H3/t5-,6+,7-,8+,10-,11+/m0/s1. The van der Waals surface area contributed by atoms with E-state index in [9.17, 15) is 4.79 Å². The van der Waals surface area contributed by atoms with E-state index in [1.807, 2.05) is 6.92 Å². The van der Waals surface area contributed by atoms with Crippen LogP contribution >= 0.6 is 0 Å². The number of carbonyl (C=O) groups is 1. The quantitative estimate of drug-likeness (QED) is 0.409. The molecular weight excluding hydrogens is 164 g/mol. The Morgan fingerprint density at radius 3 is 3.00 bits per heavy atom. The van der Waals surface area contributed by atoms with Crippen molar-refractivity contribution >= 4 is 5.78 Å². The highest BCUT2D eigenvalue weighted by Crippen LogP contribution is 2.64. The van der Waals surface area contributed by atoms with Crippen molar-refractivity contribution in [3.63, 3.8) is 0 Å². The summed E-state index contributed by atoms with van der Waals surface area (Å²) in [4.78, 5) is 12.0. The van der Waals surface area contributed by atoms with Crippen molar-refractivity contribution in [3.05, 3.63) is 12.2 Å². The molecule has 68 valence electrons. The molecule has 0 amide bonds. The van der Waals surface area contributed by atoms with Gasteiger partial charge in [0, 0.05) is 11.8 Å². The third kappa shape index (κ3) is 0.531. The van der Waals surface area contributed by atoms with Crippen LogP contribution in [0.3, 0.4) is 0 Å². The number of ketones is 1. The lowest BCUT2D eigenvalue weighted by Gasteiger charge is -2.20. The molecule has 1 saturated heterocycles. The van der Waals surface area contributed by atoms with Crippen molar-refractivity contribution in [2.24, 2.45) is 23.7 Å². The Morgan fingerprint density at radius 2 is 2.23 bits per heavy atom. The minimum atomic E-state index is -0.363. The Balaban J connectivity index is 1.86. The average Bonchev–Trinajstić information content (AvgIpc) is 2.55. The first-order valence-corrected chi connectivity index (χ1v) is 5.12. The minimum Gasteiger partial charge on any atom is -0.358 e. The van der Waals surface area contributed by atoms with Crippen LogP contribution in [-0.4, -0.2) is 17.5 Å². The molecule has 2 heteroatoms. The van der Waals surface area contributed by atoms with Crippen LogP contribution in [0.5, 0.6) is 0 Å². The van der Waals surface area contributed by atoms with Gasteiger partial charge in [-0.3, -0.25) is 4.79 Å². The van der Waals surface area contributed by atoms with Crippen LogP contribution < -0.4 is 0 Å². The van der Waals surface area contributed by atoms with Crippen LogP contribution in [0.1, 0.15) is 13.3 Å². The lowest BCUT2D eigenvalue weighted by atomic mass is 9.85. The van der Waals surface area contributed by atoms with E-state index in [1.54, 1.807) is 0 Å². The first-order chi connectivity index (χ1) is 6.22. The van der Waals surface area contributed by atoms with Gasteiger partial charge in [-0.2, -0.15) is 0 Å².